The van der Waals surface area contributed by atoms with Crippen LogP contribution >= 0.6 is 23.2 Å². The molecule has 0 spiro atoms. The summed E-state index contributed by atoms with van der Waals surface area (Å²) < 4.78 is 5.95. The monoisotopic (exact) mass is 356 g/mol. The van der Waals surface area contributed by atoms with Gasteiger partial charge in [0.05, 0.1) is 16.6 Å². The molecule has 126 valence electrons. The van der Waals surface area contributed by atoms with Crippen molar-refractivity contribution < 1.29 is 9.53 Å². The molecule has 6 heteroatoms. The molecule has 1 N–H and O–H groups in total. The fourth-order valence-electron chi connectivity index (χ4n) is 3.38. The van der Waals surface area contributed by atoms with Crippen molar-refractivity contribution in [2.24, 2.45) is 5.92 Å². The molecule has 1 unspecified atom stereocenters. The lowest BCUT2D eigenvalue weighted by Gasteiger charge is -2.30. The number of benzene rings is 1. The van der Waals surface area contributed by atoms with Gasteiger partial charge in [0.15, 0.2) is 0 Å². The van der Waals surface area contributed by atoms with Crippen LogP contribution < -0.4 is 10.1 Å². The average molecular weight is 357 g/mol. The van der Waals surface area contributed by atoms with Crippen LogP contribution in [-0.2, 0) is 4.79 Å². The van der Waals surface area contributed by atoms with Gasteiger partial charge in [-0.05, 0) is 38.4 Å². The Hall–Kier alpha value is -0.970. The van der Waals surface area contributed by atoms with Gasteiger partial charge in [0.2, 0.25) is 5.91 Å². The topological polar surface area (TPSA) is 41.6 Å². The molecule has 1 aromatic carbocycles. The number of ether oxygens (including phenoxy) is 1. The molecule has 0 aliphatic carbocycles. The van der Waals surface area contributed by atoms with E-state index in [-0.39, 0.29) is 17.9 Å². The summed E-state index contributed by atoms with van der Waals surface area (Å²) in [6, 6.07) is 5.69. The Bertz CT molecular complexity index is 582. The summed E-state index contributed by atoms with van der Waals surface area (Å²) in [5.41, 5.74) is 0. The van der Waals surface area contributed by atoms with E-state index in [0.717, 1.165) is 32.4 Å². The third-order valence-electron chi connectivity index (χ3n) is 4.62. The van der Waals surface area contributed by atoms with Gasteiger partial charge >= 0.3 is 0 Å². The van der Waals surface area contributed by atoms with Gasteiger partial charge in [-0.25, -0.2) is 0 Å². The zero-order chi connectivity index (χ0) is 16.4. The zero-order valence-corrected chi connectivity index (χ0v) is 14.7. The smallest absolute Gasteiger partial charge is 0.225 e. The number of amides is 1. The summed E-state index contributed by atoms with van der Waals surface area (Å²) in [5.74, 6) is 1.13. The van der Waals surface area contributed by atoms with E-state index < -0.39 is 0 Å². The Balaban J connectivity index is 1.55. The molecule has 4 nitrogen and oxygen atoms in total. The Morgan fingerprint density at radius 1 is 1.30 bits per heavy atom. The first-order valence-electron chi connectivity index (χ1n) is 8.17. The van der Waals surface area contributed by atoms with Gasteiger partial charge in [0.25, 0.3) is 0 Å². The summed E-state index contributed by atoms with van der Waals surface area (Å²) in [6.07, 6.45) is 2.73. The standard InChI is InChI=1S/C17H22Cl2N2O2/c1-11-8-12(4-6-20-11)17(22)21-7-5-14(10-21)23-13-2-3-15(18)16(19)9-13/h2-3,9,11-12,14,20H,4-8,10H2,1H3/t11-,12-,14?/m0/s1. The molecule has 2 saturated heterocycles. The number of piperidine rings is 1. The molecule has 2 aliphatic heterocycles. The number of carbonyl (C=O) groups excluding carboxylic acids is 1. The summed E-state index contributed by atoms with van der Waals surface area (Å²) in [7, 11) is 0. The maximum Gasteiger partial charge on any atom is 0.225 e. The highest BCUT2D eigenvalue weighted by molar-refractivity contribution is 6.42. The number of carbonyl (C=O) groups is 1. The maximum absolute atomic E-state index is 12.6. The van der Waals surface area contributed by atoms with Gasteiger partial charge in [0.1, 0.15) is 11.9 Å². The molecule has 3 atom stereocenters. The summed E-state index contributed by atoms with van der Waals surface area (Å²) in [4.78, 5) is 14.6. The Kier molecular flexibility index (Phi) is 5.34. The van der Waals surface area contributed by atoms with Crippen molar-refractivity contribution in [1.82, 2.24) is 10.2 Å². The molecule has 0 aromatic heterocycles. The van der Waals surface area contributed by atoms with Crippen LogP contribution in [0.15, 0.2) is 18.2 Å². The zero-order valence-electron chi connectivity index (χ0n) is 13.2. The first-order chi connectivity index (χ1) is 11.0. The van der Waals surface area contributed by atoms with Gasteiger partial charge in [-0.3, -0.25) is 4.79 Å². The van der Waals surface area contributed by atoms with Crippen molar-refractivity contribution in [3.63, 3.8) is 0 Å². The van der Waals surface area contributed by atoms with Crippen molar-refractivity contribution in [2.75, 3.05) is 19.6 Å². The molecule has 0 bridgehead atoms. The molecule has 1 amide bonds. The van der Waals surface area contributed by atoms with Crippen LogP contribution in [-0.4, -0.2) is 42.6 Å². The molecule has 2 fully saturated rings. The minimum absolute atomic E-state index is 0.0235. The second-order valence-corrected chi connectivity index (χ2v) is 7.28. The summed E-state index contributed by atoms with van der Waals surface area (Å²) in [6.45, 7) is 4.48. The maximum atomic E-state index is 12.6. The van der Waals surface area contributed by atoms with Crippen LogP contribution in [0.5, 0.6) is 5.75 Å². The first kappa shape index (κ1) is 16.9. The van der Waals surface area contributed by atoms with Crippen molar-refractivity contribution in [1.29, 1.82) is 0 Å². The van der Waals surface area contributed by atoms with Crippen LogP contribution in [0.2, 0.25) is 10.0 Å². The van der Waals surface area contributed by atoms with Crippen LogP contribution in [0.1, 0.15) is 26.2 Å². The number of rotatable bonds is 3. The molecule has 0 radical (unpaired) electrons. The molecule has 3 rings (SSSR count). The number of nitrogens with one attached hydrogen (secondary N) is 1. The van der Waals surface area contributed by atoms with Crippen LogP contribution in [0.25, 0.3) is 0 Å². The van der Waals surface area contributed by atoms with E-state index in [0.29, 0.717) is 28.4 Å². The predicted molar refractivity (Wildman–Crippen MR) is 92.3 cm³/mol. The average Bonchev–Trinajstić information content (AvgIpc) is 2.99. The van der Waals surface area contributed by atoms with Gasteiger partial charge in [-0.2, -0.15) is 0 Å². The Morgan fingerprint density at radius 3 is 2.87 bits per heavy atom. The largest absolute Gasteiger partial charge is 0.488 e. The van der Waals surface area contributed by atoms with Gasteiger partial charge in [0, 0.05) is 31.0 Å². The second kappa shape index (κ2) is 7.29. The first-order valence-corrected chi connectivity index (χ1v) is 8.92. The Morgan fingerprint density at radius 2 is 2.13 bits per heavy atom. The third-order valence-corrected chi connectivity index (χ3v) is 5.36. The molecule has 0 saturated carbocycles. The predicted octanol–water partition coefficient (Wildman–Crippen LogP) is 3.36. The lowest BCUT2D eigenvalue weighted by Crippen LogP contribution is -2.43. The molecular formula is C17H22Cl2N2O2. The van der Waals surface area contributed by atoms with E-state index >= 15 is 0 Å². The van der Waals surface area contributed by atoms with Crippen LogP contribution in [0.3, 0.4) is 0 Å². The molecule has 23 heavy (non-hydrogen) atoms. The van der Waals surface area contributed by atoms with E-state index in [1.165, 1.54) is 0 Å². The van der Waals surface area contributed by atoms with Crippen LogP contribution in [0, 0.1) is 5.92 Å². The summed E-state index contributed by atoms with van der Waals surface area (Å²) >= 11 is 11.9. The Labute approximate surface area is 147 Å². The molecule has 1 aromatic rings. The SMILES string of the molecule is C[C@H]1C[C@@H](C(=O)N2CCC(Oc3ccc(Cl)c(Cl)c3)C2)CCN1. The minimum Gasteiger partial charge on any atom is -0.488 e. The normalized spacial score (nSPS) is 28.0. The number of halogens is 2. The number of hydrogen-bond donors (Lipinski definition) is 1. The molecule has 2 heterocycles. The number of hydrogen-bond acceptors (Lipinski definition) is 3. The second-order valence-electron chi connectivity index (χ2n) is 6.47. The van der Waals surface area contributed by atoms with E-state index in [4.69, 9.17) is 27.9 Å². The highest BCUT2D eigenvalue weighted by Gasteiger charge is 2.33. The lowest BCUT2D eigenvalue weighted by atomic mass is 9.92. The van der Waals surface area contributed by atoms with E-state index in [9.17, 15) is 4.79 Å². The highest BCUT2D eigenvalue weighted by atomic mass is 35.5. The third kappa shape index (κ3) is 4.11. The van der Waals surface area contributed by atoms with E-state index in [1.54, 1.807) is 12.1 Å². The van der Waals surface area contributed by atoms with Crippen molar-refractivity contribution in [2.45, 2.75) is 38.3 Å². The van der Waals surface area contributed by atoms with Gasteiger partial charge in [-0.15, -0.1) is 0 Å². The van der Waals surface area contributed by atoms with Crippen LogP contribution in [0.4, 0.5) is 0 Å². The summed E-state index contributed by atoms with van der Waals surface area (Å²) in [5, 5.41) is 4.39. The lowest BCUT2D eigenvalue weighted by molar-refractivity contribution is -0.135. The number of nitrogens with zero attached hydrogens (tertiary/aromatic N) is 1. The minimum atomic E-state index is 0.0235. The highest BCUT2D eigenvalue weighted by Crippen LogP contribution is 2.28. The molecule has 2 aliphatic rings. The van der Waals surface area contributed by atoms with Gasteiger partial charge in [-0.1, -0.05) is 23.2 Å². The van der Waals surface area contributed by atoms with Crippen molar-refractivity contribution in [3.05, 3.63) is 28.2 Å². The van der Waals surface area contributed by atoms with E-state index in [2.05, 4.69) is 12.2 Å². The van der Waals surface area contributed by atoms with Crippen molar-refractivity contribution >= 4 is 29.1 Å². The fraction of sp³-hybridized carbons (Fsp3) is 0.588. The van der Waals surface area contributed by atoms with Gasteiger partial charge < -0.3 is 15.0 Å². The van der Waals surface area contributed by atoms with E-state index in [1.807, 2.05) is 11.0 Å². The number of likely N-dealkylation sites (tertiary alicyclic amines) is 1. The molecular weight excluding hydrogens is 335 g/mol. The quantitative estimate of drug-likeness (QED) is 0.902. The fourth-order valence-corrected chi connectivity index (χ4v) is 3.67. The van der Waals surface area contributed by atoms with Crippen molar-refractivity contribution in [3.8, 4) is 5.75 Å².